The van der Waals surface area contributed by atoms with Crippen LogP contribution < -0.4 is 10.6 Å². The van der Waals surface area contributed by atoms with Gasteiger partial charge in [-0.25, -0.2) is 15.0 Å². The van der Waals surface area contributed by atoms with Crippen molar-refractivity contribution in [1.82, 2.24) is 30.1 Å². The second-order valence-electron chi connectivity index (χ2n) is 7.34. The molecule has 0 aromatic carbocycles. The number of guanidine groups is 1. The number of pyridine rings is 1. The molecule has 1 unspecified atom stereocenters. The lowest BCUT2D eigenvalue weighted by atomic mass is 10.2. The Bertz CT molecular complexity index is 915. The van der Waals surface area contributed by atoms with E-state index in [1.807, 2.05) is 40.4 Å². The second kappa shape index (κ2) is 10.4. The molecule has 1 atom stereocenters. The molecule has 4 heterocycles. The summed E-state index contributed by atoms with van der Waals surface area (Å²) >= 11 is 1.84. The lowest BCUT2D eigenvalue weighted by Crippen LogP contribution is -2.42. The van der Waals surface area contributed by atoms with Gasteiger partial charge < -0.3 is 10.6 Å². The number of likely N-dealkylation sites (tertiary alicyclic amines) is 1. The third-order valence-corrected chi connectivity index (χ3v) is 6.23. The van der Waals surface area contributed by atoms with E-state index in [1.165, 1.54) is 30.8 Å². The van der Waals surface area contributed by atoms with Gasteiger partial charge in [0.25, 0.3) is 0 Å². The molecule has 1 fully saturated rings. The fraction of sp³-hybridized carbons (Fsp3) is 0.409. The highest BCUT2D eigenvalue weighted by Crippen LogP contribution is 2.27. The van der Waals surface area contributed by atoms with Gasteiger partial charge >= 0.3 is 0 Å². The van der Waals surface area contributed by atoms with Crippen LogP contribution in [0.3, 0.4) is 0 Å². The number of nitrogens with zero attached hydrogens (tertiary/aromatic N) is 5. The van der Waals surface area contributed by atoms with Gasteiger partial charge in [-0.1, -0.05) is 6.07 Å². The van der Waals surface area contributed by atoms with Crippen LogP contribution in [0.5, 0.6) is 0 Å². The van der Waals surface area contributed by atoms with Gasteiger partial charge in [-0.3, -0.25) is 9.47 Å². The van der Waals surface area contributed by atoms with E-state index in [9.17, 15) is 0 Å². The molecule has 0 spiro atoms. The van der Waals surface area contributed by atoms with Crippen molar-refractivity contribution in [3.05, 3.63) is 65.0 Å². The molecule has 1 saturated heterocycles. The Hall–Kier alpha value is -2.71. The van der Waals surface area contributed by atoms with Crippen molar-refractivity contribution >= 4 is 17.3 Å². The molecule has 7 nitrogen and oxygen atoms in total. The van der Waals surface area contributed by atoms with Crippen molar-refractivity contribution < 1.29 is 0 Å². The van der Waals surface area contributed by atoms with Crippen LogP contribution in [0.4, 0.5) is 0 Å². The molecule has 0 radical (unpaired) electrons. The van der Waals surface area contributed by atoms with Crippen LogP contribution in [0.2, 0.25) is 0 Å². The number of aromatic nitrogens is 3. The first kappa shape index (κ1) is 20.6. The van der Waals surface area contributed by atoms with E-state index in [0.717, 1.165) is 30.4 Å². The molecule has 1 aliphatic heterocycles. The largest absolute Gasteiger partial charge is 0.357 e. The molecule has 30 heavy (non-hydrogen) atoms. The highest BCUT2D eigenvalue weighted by molar-refractivity contribution is 7.10. The zero-order chi connectivity index (χ0) is 20.6. The zero-order valence-electron chi connectivity index (χ0n) is 17.4. The number of aliphatic imine (C=N–C) groups is 1. The predicted molar refractivity (Wildman–Crippen MR) is 122 cm³/mol. The van der Waals surface area contributed by atoms with E-state index >= 15 is 0 Å². The number of thiophene rings is 1. The molecule has 3 aromatic heterocycles. The molecular weight excluding hydrogens is 394 g/mol. The van der Waals surface area contributed by atoms with Gasteiger partial charge in [-0.2, -0.15) is 0 Å². The average molecular weight is 424 g/mol. The van der Waals surface area contributed by atoms with Gasteiger partial charge in [0.2, 0.25) is 0 Å². The quantitative estimate of drug-likeness (QED) is 0.430. The molecule has 158 valence electrons. The first-order chi connectivity index (χ1) is 14.8. The van der Waals surface area contributed by atoms with E-state index < -0.39 is 0 Å². The lowest BCUT2D eigenvalue weighted by molar-refractivity contribution is 0.249. The van der Waals surface area contributed by atoms with Crippen LogP contribution in [-0.2, 0) is 6.54 Å². The summed E-state index contributed by atoms with van der Waals surface area (Å²) in [4.78, 5) is 17.3. The van der Waals surface area contributed by atoms with Gasteiger partial charge in [0, 0.05) is 36.6 Å². The van der Waals surface area contributed by atoms with E-state index in [1.54, 1.807) is 12.5 Å². The summed E-state index contributed by atoms with van der Waals surface area (Å²) in [7, 11) is 0. The minimum absolute atomic E-state index is 0.394. The maximum Gasteiger partial charge on any atom is 0.191 e. The Morgan fingerprint density at radius 2 is 2.13 bits per heavy atom. The topological polar surface area (TPSA) is 70.4 Å². The Kier molecular flexibility index (Phi) is 7.10. The van der Waals surface area contributed by atoms with Gasteiger partial charge in [0.1, 0.15) is 12.1 Å². The molecule has 8 heteroatoms. The zero-order valence-corrected chi connectivity index (χ0v) is 18.2. The highest BCUT2D eigenvalue weighted by atomic mass is 32.1. The Morgan fingerprint density at radius 1 is 1.23 bits per heavy atom. The fourth-order valence-corrected chi connectivity index (χ4v) is 4.60. The molecule has 0 amide bonds. The van der Waals surface area contributed by atoms with Crippen molar-refractivity contribution in [2.24, 2.45) is 4.99 Å². The number of nitrogens with one attached hydrogen (secondary N) is 2. The molecular formula is C22H29N7S. The summed E-state index contributed by atoms with van der Waals surface area (Å²) in [6.45, 7) is 6.71. The smallest absolute Gasteiger partial charge is 0.191 e. The molecule has 0 aliphatic carbocycles. The summed E-state index contributed by atoms with van der Waals surface area (Å²) in [5.74, 6) is 1.70. The van der Waals surface area contributed by atoms with Gasteiger partial charge in [-0.05, 0) is 62.0 Å². The fourth-order valence-electron chi connectivity index (χ4n) is 3.74. The van der Waals surface area contributed by atoms with E-state index in [0.29, 0.717) is 12.6 Å². The van der Waals surface area contributed by atoms with Crippen molar-refractivity contribution in [2.75, 3.05) is 26.2 Å². The number of hydrogen-bond acceptors (Lipinski definition) is 5. The number of hydrogen-bond donors (Lipinski definition) is 2. The van der Waals surface area contributed by atoms with Gasteiger partial charge in [-0.15, -0.1) is 11.3 Å². The summed E-state index contributed by atoms with van der Waals surface area (Å²) in [5, 5.41) is 9.12. The third-order valence-electron chi connectivity index (χ3n) is 5.26. The molecule has 1 aliphatic rings. The summed E-state index contributed by atoms with van der Waals surface area (Å²) in [6, 6.07) is 8.84. The van der Waals surface area contributed by atoms with Crippen molar-refractivity contribution in [3.63, 3.8) is 0 Å². The summed E-state index contributed by atoms with van der Waals surface area (Å²) in [6.07, 6.45) is 9.80. The van der Waals surface area contributed by atoms with Gasteiger partial charge in [0.05, 0.1) is 12.6 Å². The van der Waals surface area contributed by atoms with Crippen molar-refractivity contribution in [2.45, 2.75) is 32.4 Å². The van der Waals surface area contributed by atoms with Crippen LogP contribution >= 0.6 is 11.3 Å². The van der Waals surface area contributed by atoms with Crippen LogP contribution in [0.25, 0.3) is 5.82 Å². The third kappa shape index (κ3) is 5.25. The van der Waals surface area contributed by atoms with E-state index in [4.69, 9.17) is 4.99 Å². The minimum Gasteiger partial charge on any atom is -0.357 e. The number of rotatable bonds is 8. The monoisotopic (exact) mass is 423 g/mol. The van der Waals surface area contributed by atoms with E-state index in [2.05, 4.69) is 49.9 Å². The second-order valence-corrected chi connectivity index (χ2v) is 8.32. The highest BCUT2D eigenvalue weighted by Gasteiger charge is 2.24. The van der Waals surface area contributed by atoms with Crippen LogP contribution in [0, 0.1) is 0 Å². The van der Waals surface area contributed by atoms with Crippen LogP contribution in [-0.4, -0.2) is 51.6 Å². The Labute approximate surface area is 181 Å². The van der Waals surface area contributed by atoms with Crippen molar-refractivity contribution in [1.29, 1.82) is 0 Å². The Balaban J connectivity index is 1.43. The Morgan fingerprint density at radius 3 is 2.87 bits per heavy atom. The normalized spacial score (nSPS) is 16.0. The van der Waals surface area contributed by atoms with Crippen molar-refractivity contribution in [3.8, 4) is 5.82 Å². The molecule has 3 aromatic rings. The van der Waals surface area contributed by atoms with Gasteiger partial charge in [0.15, 0.2) is 5.96 Å². The van der Waals surface area contributed by atoms with Crippen LogP contribution in [0.15, 0.2) is 59.6 Å². The maximum absolute atomic E-state index is 4.81. The average Bonchev–Trinajstić information content (AvgIpc) is 3.56. The lowest BCUT2D eigenvalue weighted by Gasteiger charge is -2.27. The standard InChI is InChI=1S/C22H29N7S/c1-2-24-22(26-15-18-7-8-25-21(14-18)29-12-9-23-17-29)27-16-19(20-6-5-13-30-20)28-10-3-4-11-28/h5-9,12-14,17,19H,2-4,10-11,15-16H2,1H3,(H2,24,26,27). The summed E-state index contributed by atoms with van der Waals surface area (Å²) in [5.41, 5.74) is 1.11. The SMILES string of the molecule is CCNC(=NCc1ccnc(-n2ccnc2)c1)NCC(c1cccs1)N1CCCC1. The number of imidazole rings is 1. The first-order valence-corrected chi connectivity index (χ1v) is 11.4. The molecule has 2 N–H and O–H groups in total. The summed E-state index contributed by atoms with van der Waals surface area (Å²) < 4.78 is 1.90. The first-order valence-electron chi connectivity index (χ1n) is 10.6. The van der Waals surface area contributed by atoms with Crippen LogP contribution in [0.1, 0.15) is 36.2 Å². The van der Waals surface area contributed by atoms with E-state index in [-0.39, 0.29) is 0 Å². The molecule has 0 bridgehead atoms. The molecule has 0 saturated carbocycles. The maximum atomic E-state index is 4.81. The molecule has 4 rings (SSSR count). The minimum atomic E-state index is 0.394. The predicted octanol–water partition coefficient (Wildman–Crippen LogP) is 3.22.